The maximum atomic E-state index is 12.3. The molecule has 0 aliphatic rings. The lowest BCUT2D eigenvalue weighted by molar-refractivity contribution is -0.137. The van der Waals surface area contributed by atoms with Gasteiger partial charge in [0.25, 0.3) is 0 Å². The van der Waals surface area contributed by atoms with Gasteiger partial charge in [0.2, 0.25) is 5.50 Å². The minimum absolute atomic E-state index is 0.0930. The van der Waals surface area contributed by atoms with Crippen molar-refractivity contribution in [2.75, 3.05) is 0 Å². The van der Waals surface area contributed by atoms with Crippen molar-refractivity contribution in [3.8, 4) is 0 Å². The third-order valence-electron chi connectivity index (χ3n) is 1.95. The van der Waals surface area contributed by atoms with Crippen molar-refractivity contribution in [1.82, 2.24) is 0 Å². The van der Waals surface area contributed by atoms with E-state index in [0.29, 0.717) is 12.1 Å². The zero-order valence-corrected chi connectivity index (χ0v) is 10.4. The Kier molecular flexibility index (Phi) is 4.73. The van der Waals surface area contributed by atoms with E-state index in [1.807, 2.05) is 0 Å². The fourth-order valence-electron chi connectivity index (χ4n) is 1.04. The summed E-state index contributed by atoms with van der Waals surface area (Å²) < 4.78 is 73.1. The smallest absolute Gasteiger partial charge is 0.243 e. The molecule has 19 heavy (non-hydrogen) atoms. The van der Waals surface area contributed by atoms with Crippen molar-refractivity contribution >= 4 is 28.4 Å². The van der Waals surface area contributed by atoms with E-state index in [2.05, 4.69) is 4.99 Å². The topological polar surface area (TPSA) is 12.4 Å². The fraction of sp³-hybridized carbons (Fsp3) is 0.300. The van der Waals surface area contributed by atoms with Crippen LogP contribution < -0.4 is 0 Å². The van der Waals surface area contributed by atoms with Crippen LogP contribution in [0.1, 0.15) is 11.1 Å². The molecule has 0 aromatic heterocycles. The Morgan fingerprint density at radius 1 is 1.00 bits per heavy atom. The van der Waals surface area contributed by atoms with Crippen molar-refractivity contribution in [3.63, 3.8) is 0 Å². The Morgan fingerprint density at radius 3 is 1.84 bits per heavy atom. The zero-order chi connectivity index (χ0) is 14.8. The summed E-state index contributed by atoms with van der Waals surface area (Å²) in [4.78, 5) is 2.95. The SMILES string of the molecule is FC(F)(F)c1ccc(C(Cl)=NC(Cl)C(F)(F)F)cc1. The standard InChI is InChI=1S/C10H5Cl2F6N/c11-7(19-8(12)10(16,17)18)5-1-3-6(4-2-5)9(13,14)15/h1-4,8H. The normalized spacial score (nSPS) is 15.5. The molecule has 0 heterocycles. The predicted molar refractivity (Wildman–Crippen MR) is 59.5 cm³/mol. The average Bonchev–Trinajstić information content (AvgIpc) is 2.26. The predicted octanol–water partition coefficient (Wildman–Crippen LogP) is 4.82. The fourth-order valence-corrected chi connectivity index (χ4v) is 1.42. The van der Waals surface area contributed by atoms with Crippen molar-refractivity contribution in [2.45, 2.75) is 17.9 Å². The first-order chi connectivity index (χ1) is 8.51. The summed E-state index contributed by atoms with van der Waals surface area (Å²) in [6.45, 7) is 0. The lowest BCUT2D eigenvalue weighted by atomic mass is 10.1. The monoisotopic (exact) mass is 323 g/mol. The van der Waals surface area contributed by atoms with Crippen LogP contribution >= 0.6 is 23.2 Å². The molecular formula is C10H5Cl2F6N. The van der Waals surface area contributed by atoms with Crippen molar-refractivity contribution in [3.05, 3.63) is 35.4 Å². The van der Waals surface area contributed by atoms with E-state index in [-0.39, 0.29) is 5.56 Å². The van der Waals surface area contributed by atoms with Gasteiger partial charge in [0.15, 0.2) is 0 Å². The van der Waals surface area contributed by atoms with Crippen LogP contribution in [0.3, 0.4) is 0 Å². The highest BCUT2D eigenvalue weighted by molar-refractivity contribution is 6.69. The summed E-state index contributed by atoms with van der Waals surface area (Å²) in [5.41, 5.74) is -3.59. The van der Waals surface area contributed by atoms with E-state index in [0.717, 1.165) is 12.1 Å². The Balaban J connectivity index is 2.96. The molecule has 9 heteroatoms. The van der Waals surface area contributed by atoms with Crippen LogP contribution in [-0.2, 0) is 6.18 Å². The van der Waals surface area contributed by atoms with Crippen molar-refractivity contribution in [1.29, 1.82) is 0 Å². The second-order valence-corrected chi connectivity index (χ2v) is 4.14. The van der Waals surface area contributed by atoms with E-state index in [4.69, 9.17) is 23.2 Å². The molecule has 0 fully saturated rings. The third kappa shape index (κ3) is 4.58. The highest BCUT2D eigenvalue weighted by Crippen LogP contribution is 2.30. The van der Waals surface area contributed by atoms with Crippen molar-refractivity contribution in [2.24, 2.45) is 4.99 Å². The van der Waals surface area contributed by atoms with Crippen LogP contribution in [0, 0.1) is 0 Å². The van der Waals surface area contributed by atoms with E-state index in [1.54, 1.807) is 0 Å². The molecule has 106 valence electrons. The highest BCUT2D eigenvalue weighted by Gasteiger charge is 2.38. The maximum absolute atomic E-state index is 12.3. The van der Waals surface area contributed by atoms with Gasteiger partial charge in [-0.25, -0.2) is 4.99 Å². The van der Waals surface area contributed by atoms with E-state index in [9.17, 15) is 26.3 Å². The van der Waals surface area contributed by atoms with Gasteiger partial charge in [-0.2, -0.15) is 26.3 Å². The molecule has 1 aromatic rings. The molecule has 0 radical (unpaired) electrons. The van der Waals surface area contributed by atoms with Crippen LogP contribution in [0.25, 0.3) is 0 Å². The first-order valence-corrected chi connectivity index (χ1v) is 5.45. The molecule has 1 nitrogen and oxygen atoms in total. The number of halogens is 8. The minimum Gasteiger partial charge on any atom is -0.243 e. The van der Waals surface area contributed by atoms with Gasteiger partial charge in [-0.05, 0) is 12.1 Å². The lowest BCUT2D eigenvalue weighted by Crippen LogP contribution is -2.22. The van der Waals surface area contributed by atoms with Gasteiger partial charge >= 0.3 is 12.4 Å². The van der Waals surface area contributed by atoms with Gasteiger partial charge in [-0.15, -0.1) is 0 Å². The third-order valence-corrected chi connectivity index (χ3v) is 2.61. The van der Waals surface area contributed by atoms with Crippen LogP contribution in [0.15, 0.2) is 29.3 Å². The van der Waals surface area contributed by atoms with Crippen LogP contribution in [0.2, 0.25) is 0 Å². The number of aliphatic imine (C=N–C) groups is 1. The second-order valence-electron chi connectivity index (χ2n) is 3.37. The summed E-state index contributed by atoms with van der Waals surface area (Å²) in [5.74, 6) is 0. The molecule has 0 bridgehead atoms. The zero-order valence-electron chi connectivity index (χ0n) is 8.86. The molecule has 0 aliphatic heterocycles. The Labute approximate surface area is 113 Å². The van der Waals surface area contributed by atoms with E-state index >= 15 is 0 Å². The molecule has 0 saturated carbocycles. The quantitative estimate of drug-likeness (QED) is 0.320. The number of alkyl halides is 7. The first kappa shape index (κ1) is 16.1. The van der Waals surface area contributed by atoms with Gasteiger partial charge in [0, 0.05) is 5.56 Å². The van der Waals surface area contributed by atoms with Crippen LogP contribution in [0.5, 0.6) is 0 Å². The van der Waals surface area contributed by atoms with Crippen LogP contribution in [-0.4, -0.2) is 16.8 Å². The number of rotatable bonds is 2. The largest absolute Gasteiger partial charge is 0.424 e. The van der Waals surface area contributed by atoms with Crippen LogP contribution in [0.4, 0.5) is 26.3 Å². The summed E-state index contributed by atoms with van der Waals surface area (Å²) in [7, 11) is 0. The van der Waals surface area contributed by atoms with Gasteiger partial charge in [0.05, 0.1) is 5.56 Å². The Bertz CT molecular complexity index is 462. The molecule has 0 amide bonds. The Hall–Kier alpha value is -0.950. The molecule has 1 atom stereocenters. The highest BCUT2D eigenvalue weighted by atomic mass is 35.5. The Morgan fingerprint density at radius 2 is 1.47 bits per heavy atom. The minimum atomic E-state index is -4.78. The summed E-state index contributed by atoms with van der Waals surface area (Å²) in [6.07, 6.45) is -9.32. The van der Waals surface area contributed by atoms with E-state index < -0.39 is 28.6 Å². The average molecular weight is 324 g/mol. The molecule has 0 N–H and O–H groups in total. The summed E-state index contributed by atoms with van der Waals surface area (Å²) in [6, 6.07) is 3.19. The lowest BCUT2D eigenvalue weighted by Gasteiger charge is -2.10. The number of hydrogen-bond donors (Lipinski definition) is 0. The molecule has 0 saturated heterocycles. The molecule has 1 rings (SSSR count). The van der Waals surface area contributed by atoms with Gasteiger partial charge in [0.1, 0.15) is 5.17 Å². The van der Waals surface area contributed by atoms with Gasteiger partial charge in [-0.1, -0.05) is 35.3 Å². The molecule has 0 aliphatic carbocycles. The van der Waals surface area contributed by atoms with E-state index in [1.165, 1.54) is 0 Å². The number of benzene rings is 1. The van der Waals surface area contributed by atoms with Crippen molar-refractivity contribution < 1.29 is 26.3 Å². The molecule has 1 unspecified atom stereocenters. The molecular weight excluding hydrogens is 319 g/mol. The van der Waals surface area contributed by atoms with Gasteiger partial charge in [-0.3, -0.25) is 0 Å². The maximum Gasteiger partial charge on any atom is 0.424 e. The summed E-state index contributed by atoms with van der Waals surface area (Å²) >= 11 is 10.4. The number of nitrogens with zero attached hydrogens (tertiary/aromatic N) is 1. The number of hydrogen-bond acceptors (Lipinski definition) is 1. The second kappa shape index (κ2) is 5.58. The van der Waals surface area contributed by atoms with Gasteiger partial charge < -0.3 is 0 Å². The first-order valence-electron chi connectivity index (χ1n) is 4.63. The molecule has 1 aromatic carbocycles. The molecule has 0 spiro atoms. The summed E-state index contributed by atoms with van der Waals surface area (Å²) in [5, 5.41) is -0.619.